The minimum atomic E-state index is 0.0178. The number of hydrogen-bond donors (Lipinski definition) is 0. The van der Waals surface area contributed by atoms with Gasteiger partial charge in [-0.2, -0.15) is 10.2 Å². The number of aryl methyl sites for hydroxylation is 2. The van der Waals surface area contributed by atoms with E-state index >= 15 is 0 Å². The zero-order valence-electron chi connectivity index (χ0n) is 14.7. The van der Waals surface area contributed by atoms with Crippen LogP contribution < -0.4 is 4.90 Å². The molecule has 0 spiro atoms. The first kappa shape index (κ1) is 17.1. The molecule has 2 fully saturated rings. The van der Waals surface area contributed by atoms with Gasteiger partial charge in [0.05, 0.1) is 16.3 Å². The van der Waals surface area contributed by atoms with E-state index in [1.54, 1.807) is 11.1 Å². The van der Waals surface area contributed by atoms with Crippen molar-refractivity contribution in [3.8, 4) is 0 Å². The van der Waals surface area contributed by atoms with Crippen LogP contribution in [0.5, 0.6) is 0 Å². The fourth-order valence-corrected chi connectivity index (χ4v) is 4.17. The molecule has 0 unspecified atom stereocenters. The third-order valence-corrected chi connectivity index (χ3v) is 6.00. The van der Waals surface area contributed by atoms with Crippen LogP contribution >= 0.6 is 11.3 Å². The fourth-order valence-electron chi connectivity index (χ4n) is 3.12. The molecule has 0 aromatic carbocycles. The molecule has 3 heterocycles. The number of ketones is 1. The van der Waals surface area contributed by atoms with Gasteiger partial charge in [0.2, 0.25) is 0 Å². The molecule has 1 saturated heterocycles. The highest BCUT2D eigenvalue weighted by molar-refractivity contribution is 7.17. The number of carbonyl (C=O) groups excluding carboxylic acids is 2. The number of hydrogen-bond acceptors (Lipinski definition) is 6. The third-order valence-electron chi connectivity index (χ3n) is 4.78. The first-order chi connectivity index (χ1) is 12.6. The summed E-state index contributed by atoms with van der Waals surface area (Å²) in [5, 5.41) is 8.47. The average molecular weight is 371 g/mol. The van der Waals surface area contributed by atoms with Gasteiger partial charge >= 0.3 is 6.03 Å². The van der Waals surface area contributed by atoms with E-state index in [0.717, 1.165) is 18.8 Å². The smallest absolute Gasteiger partial charge is 0.322 e. The Kier molecular flexibility index (Phi) is 4.67. The molecule has 2 aliphatic rings. The maximum absolute atomic E-state index is 12.6. The molecule has 1 aliphatic carbocycles. The predicted octanol–water partition coefficient (Wildman–Crippen LogP) is 2.71. The van der Waals surface area contributed by atoms with Crippen LogP contribution in [0.15, 0.2) is 18.3 Å². The Morgan fingerprint density at radius 1 is 1.35 bits per heavy atom. The molecule has 7 nitrogen and oxygen atoms in total. The second-order valence-corrected chi connectivity index (χ2v) is 7.85. The van der Waals surface area contributed by atoms with Gasteiger partial charge in [-0.05, 0) is 44.2 Å². The van der Waals surface area contributed by atoms with Crippen molar-refractivity contribution in [1.29, 1.82) is 0 Å². The van der Waals surface area contributed by atoms with Crippen molar-refractivity contribution in [3.63, 3.8) is 0 Å². The van der Waals surface area contributed by atoms with Gasteiger partial charge in [-0.3, -0.25) is 9.69 Å². The van der Waals surface area contributed by atoms with Gasteiger partial charge in [0.1, 0.15) is 0 Å². The SMILES string of the molecule is Cc1nc(N2CCN(CC3CC3)C2=O)sc1C(=O)CCc1cccnn1. The Hall–Kier alpha value is -2.35. The van der Waals surface area contributed by atoms with E-state index in [2.05, 4.69) is 15.2 Å². The monoisotopic (exact) mass is 371 g/mol. The molecule has 0 atom stereocenters. The molecular weight excluding hydrogens is 350 g/mol. The Labute approximate surface area is 156 Å². The van der Waals surface area contributed by atoms with Crippen molar-refractivity contribution in [2.24, 2.45) is 5.92 Å². The van der Waals surface area contributed by atoms with E-state index < -0.39 is 0 Å². The van der Waals surface area contributed by atoms with Crippen LogP contribution in [-0.2, 0) is 6.42 Å². The summed E-state index contributed by atoms with van der Waals surface area (Å²) < 4.78 is 0. The summed E-state index contributed by atoms with van der Waals surface area (Å²) in [7, 11) is 0. The van der Waals surface area contributed by atoms with Gasteiger partial charge in [0.25, 0.3) is 0 Å². The molecule has 26 heavy (non-hydrogen) atoms. The minimum absolute atomic E-state index is 0.0178. The topological polar surface area (TPSA) is 79.3 Å². The van der Waals surface area contributed by atoms with E-state index in [1.165, 1.54) is 24.2 Å². The van der Waals surface area contributed by atoms with Crippen LogP contribution in [0.25, 0.3) is 0 Å². The van der Waals surface area contributed by atoms with Gasteiger partial charge in [0, 0.05) is 32.3 Å². The number of carbonyl (C=O) groups is 2. The lowest BCUT2D eigenvalue weighted by molar-refractivity contribution is 0.0985. The number of urea groups is 1. The maximum Gasteiger partial charge on any atom is 0.326 e. The zero-order valence-corrected chi connectivity index (χ0v) is 15.5. The van der Waals surface area contributed by atoms with Gasteiger partial charge in [-0.15, -0.1) is 0 Å². The van der Waals surface area contributed by atoms with E-state index in [0.29, 0.717) is 41.0 Å². The molecule has 1 saturated carbocycles. The Morgan fingerprint density at radius 3 is 2.92 bits per heavy atom. The number of amides is 2. The van der Waals surface area contributed by atoms with Gasteiger partial charge in [-0.25, -0.2) is 9.78 Å². The third kappa shape index (κ3) is 3.60. The highest BCUT2D eigenvalue weighted by atomic mass is 32.1. The molecule has 2 aromatic rings. The molecule has 0 N–H and O–H groups in total. The maximum atomic E-state index is 12.6. The van der Waals surface area contributed by atoms with E-state index in [-0.39, 0.29) is 11.8 Å². The molecule has 8 heteroatoms. The van der Waals surface area contributed by atoms with Crippen LogP contribution in [0.3, 0.4) is 0 Å². The summed E-state index contributed by atoms with van der Waals surface area (Å²) in [6.45, 7) is 4.07. The second-order valence-electron chi connectivity index (χ2n) is 6.87. The summed E-state index contributed by atoms with van der Waals surface area (Å²) in [6, 6.07) is 3.70. The Bertz CT molecular complexity index is 818. The second kappa shape index (κ2) is 7.11. The molecule has 2 amide bonds. The lowest BCUT2D eigenvalue weighted by atomic mass is 10.1. The van der Waals surface area contributed by atoms with Crippen LogP contribution in [0.4, 0.5) is 9.93 Å². The summed E-state index contributed by atoms with van der Waals surface area (Å²) in [6.07, 6.45) is 4.99. The van der Waals surface area contributed by atoms with E-state index in [9.17, 15) is 9.59 Å². The number of Topliss-reactive ketones (excluding diaryl/α,β-unsaturated/α-hetero) is 1. The quantitative estimate of drug-likeness (QED) is 0.699. The van der Waals surface area contributed by atoms with E-state index in [1.807, 2.05) is 24.0 Å². The average Bonchev–Trinajstić information content (AvgIpc) is 3.28. The normalized spacial score (nSPS) is 17.2. The zero-order chi connectivity index (χ0) is 18.1. The summed E-state index contributed by atoms with van der Waals surface area (Å²) in [5.41, 5.74) is 1.50. The Morgan fingerprint density at radius 2 is 2.19 bits per heavy atom. The van der Waals surface area contributed by atoms with Gasteiger partial charge in [0.15, 0.2) is 10.9 Å². The number of nitrogens with zero attached hydrogens (tertiary/aromatic N) is 5. The number of aromatic nitrogens is 3. The largest absolute Gasteiger partial charge is 0.326 e. The summed E-state index contributed by atoms with van der Waals surface area (Å²) >= 11 is 1.32. The fraction of sp³-hybridized carbons (Fsp3) is 0.500. The standard InChI is InChI=1S/C18H21N5O2S/c1-12-16(15(24)7-6-14-3-2-8-19-21-14)26-17(20-12)23-10-9-22(18(23)25)11-13-4-5-13/h2-3,8,13H,4-7,9-11H2,1H3. The van der Waals surface area contributed by atoms with Gasteiger partial charge in [-0.1, -0.05) is 11.3 Å². The highest BCUT2D eigenvalue weighted by Gasteiger charge is 2.35. The number of anilines is 1. The van der Waals surface area contributed by atoms with Gasteiger partial charge < -0.3 is 4.90 Å². The molecule has 0 radical (unpaired) electrons. The van der Waals surface area contributed by atoms with E-state index in [4.69, 9.17) is 0 Å². The number of rotatable bonds is 7. The van der Waals surface area contributed by atoms with Crippen LogP contribution in [0.1, 0.15) is 40.3 Å². The molecule has 4 rings (SSSR count). The van der Waals surface area contributed by atoms with Crippen molar-refractivity contribution < 1.29 is 9.59 Å². The lowest BCUT2D eigenvalue weighted by Gasteiger charge is -2.16. The summed E-state index contributed by atoms with van der Waals surface area (Å²) in [5.74, 6) is 0.716. The molecule has 1 aliphatic heterocycles. The predicted molar refractivity (Wildman–Crippen MR) is 98.6 cm³/mol. The summed E-state index contributed by atoms with van der Waals surface area (Å²) in [4.78, 5) is 33.9. The molecule has 2 aromatic heterocycles. The van der Waals surface area contributed by atoms with Crippen molar-refractivity contribution in [2.45, 2.75) is 32.6 Å². The molecule has 136 valence electrons. The first-order valence-corrected chi connectivity index (χ1v) is 9.77. The van der Waals surface area contributed by atoms with Crippen LogP contribution in [0.2, 0.25) is 0 Å². The minimum Gasteiger partial charge on any atom is -0.322 e. The molecular formula is C18H21N5O2S. The highest BCUT2D eigenvalue weighted by Crippen LogP contribution is 2.33. The lowest BCUT2D eigenvalue weighted by Crippen LogP contribution is -2.33. The molecule has 0 bridgehead atoms. The van der Waals surface area contributed by atoms with Crippen molar-refractivity contribution in [1.82, 2.24) is 20.1 Å². The van der Waals surface area contributed by atoms with Crippen molar-refractivity contribution >= 4 is 28.3 Å². The number of thiazole rings is 1. The van der Waals surface area contributed by atoms with Crippen LogP contribution in [-0.4, -0.2) is 51.5 Å². The van der Waals surface area contributed by atoms with Crippen LogP contribution in [0, 0.1) is 12.8 Å². The van der Waals surface area contributed by atoms with Crippen molar-refractivity contribution in [3.05, 3.63) is 34.6 Å². The first-order valence-electron chi connectivity index (χ1n) is 8.95. The Balaban J connectivity index is 1.42. The van der Waals surface area contributed by atoms with Crippen molar-refractivity contribution in [2.75, 3.05) is 24.5 Å².